The SMILES string of the molecule is O=C1OC(=O)c2c(S)c(S)c3c4c(c(S)c(S)c1c24)C(=O)OC3=O. The Bertz CT molecular complexity index is 908. The van der Waals surface area contributed by atoms with Crippen molar-refractivity contribution in [3.8, 4) is 0 Å². The molecule has 0 saturated heterocycles. The first-order chi connectivity index (χ1) is 11.3. The zero-order valence-corrected chi connectivity index (χ0v) is 14.8. The van der Waals surface area contributed by atoms with E-state index in [4.69, 9.17) is 9.47 Å². The predicted octanol–water partition coefficient (Wildman–Crippen LogP) is 2.62. The molecule has 0 atom stereocenters. The molecule has 0 spiro atoms. The van der Waals surface area contributed by atoms with Gasteiger partial charge in [0.2, 0.25) is 0 Å². The van der Waals surface area contributed by atoms with Gasteiger partial charge in [-0.1, -0.05) is 0 Å². The highest BCUT2D eigenvalue weighted by Gasteiger charge is 2.41. The van der Waals surface area contributed by atoms with Crippen molar-refractivity contribution < 1.29 is 28.7 Å². The maximum Gasteiger partial charge on any atom is 0.347 e. The van der Waals surface area contributed by atoms with Gasteiger partial charge in [0, 0.05) is 30.4 Å². The minimum absolute atomic E-state index is 0.0384. The summed E-state index contributed by atoms with van der Waals surface area (Å²) in [6.45, 7) is 0. The topological polar surface area (TPSA) is 86.7 Å². The van der Waals surface area contributed by atoms with Crippen LogP contribution in [-0.4, -0.2) is 23.9 Å². The van der Waals surface area contributed by atoms with E-state index in [9.17, 15) is 19.2 Å². The fraction of sp³-hybridized carbons (Fsp3) is 0. The van der Waals surface area contributed by atoms with E-state index in [0.717, 1.165) is 0 Å². The third-order valence-electron chi connectivity index (χ3n) is 3.83. The largest absolute Gasteiger partial charge is 0.386 e. The molecule has 0 aromatic heterocycles. The molecule has 0 aliphatic carbocycles. The van der Waals surface area contributed by atoms with E-state index < -0.39 is 23.9 Å². The summed E-state index contributed by atoms with van der Waals surface area (Å²) in [5.41, 5.74) is -0.263. The number of carbonyl (C=O) groups is 4. The van der Waals surface area contributed by atoms with Crippen LogP contribution in [0.3, 0.4) is 0 Å². The van der Waals surface area contributed by atoms with Crippen molar-refractivity contribution in [2.45, 2.75) is 19.6 Å². The van der Waals surface area contributed by atoms with Gasteiger partial charge in [-0.05, 0) is 0 Å². The molecule has 0 N–H and O–H groups in total. The molecule has 6 nitrogen and oxygen atoms in total. The molecule has 24 heavy (non-hydrogen) atoms. The maximum absolute atomic E-state index is 12.2. The first-order valence-corrected chi connectivity index (χ1v) is 8.07. The van der Waals surface area contributed by atoms with Gasteiger partial charge in [0.15, 0.2) is 0 Å². The molecule has 0 unspecified atom stereocenters. The van der Waals surface area contributed by atoms with E-state index in [-0.39, 0.29) is 52.6 Å². The molecular formula is C14H4O6S4. The van der Waals surface area contributed by atoms with Crippen molar-refractivity contribution in [1.29, 1.82) is 0 Å². The number of benzene rings is 2. The lowest BCUT2D eigenvalue weighted by atomic mass is 9.89. The highest BCUT2D eigenvalue weighted by molar-refractivity contribution is 7.84. The number of carbonyl (C=O) groups excluding carboxylic acids is 4. The molecule has 4 rings (SSSR count). The van der Waals surface area contributed by atoms with Crippen LogP contribution in [0.1, 0.15) is 41.4 Å². The monoisotopic (exact) mass is 396 g/mol. The molecule has 0 saturated carbocycles. The fourth-order valence-corrected chi connectivity index (χ4v) is 4.12. The molecule has 2 aromatic carbocycles. The van der Waals surface area contributed by atoms with E-state index in [0.29, 0.717) is 0 Å². The number of thiol groups is 4. The summed E-state index contributed by atoms with van der Waals surface area (Å²) in [4.78, 5) is 48.8. The van der Waals surface area contributed by atoms with Crippen LogP contribution in [0.2, 0.25) is 0 Å². The minimum Gasteiger partial charge on any atom is -0.386 e. The lowest BCUT2D eigenvalue weighted by Gasteiger charge is -2.26. The number of rotatable bonds is 0. The molecule has 120 valence electrons. The van der Waals surface area contributed by atoms with E-state index in [1.54, 1.807) is 0 Å². The van der Waals surface area contributed by atoms with Gasteiger partial charge in [0.1, 0.15) is 0 Å². The Labute approximate surface area is 155 Å². The highest BCUT2D eigenvalue weighted by Crippen LogP contribution is 2.47. The van der Waals surface area contributed by atoms with Crippen LogP contribution in [-0.2, 0) is 9.47 Å². The molecule has 2 heterocycles. The average Bonchev–Trinajstić information content (AvgIpc) is 2.49. The summed E-state index contributed by atoms with van der Waals surface area (Å²) >= 11 is 16.9. The van der Waals surface area contributed by atoms with Gasteiger partial charge in [-0.15, -0.1) is 50.5 Å². The smallest absolute Gasteiger partial charge is 0.347 e. The van der Waals surface area contributed by atoms with Crippen LogP contribution in [0.25, 0.3) is 10.8 Å². The Kier molecular flexibility index (Phi) is 3.27. The Morgan fingerprint density at radius 3 is 0.875 bits per heavy atom. The summed E-state index contributed by atoms with van der Waals surface area (Å²) in [7, 11) is 0. The number of hydrogen-bond acceptors (Lipinski definition) is 10. The van der Waals surface area contributed by atoms with Crippen molar-refractivity contribution in [2.75, 3.05) is 0 Å². The lowest BCUT2D eigenvalue weighted by molar-refractivity contribution is 0.0356. The van der Waals surface area contributed by atoms with Crippen molar-refractivity contribution in [2.24, 2.45) is 0 Å². The van der Waals surface area contributed by atoms with Crippen LogP contribution in [0.4, 0.5) is 0 Å². The number of esters is 4. The van der Waals surface area contributed by atoms with E-state index in [1.165, 1.54) is 0 Å². The molecule has 10 heteroatoms. The van der Waals surface area contributed by atoms with Gasteiger partial charge in [-0.25, -0.2) is 19.2 Å². The second-order valence-electron chi connectivity index (χ2n) is 5.00. The van der Waals surface area contributed by atoms with Crippen LogP contribution >= 0.6 is 50.5 Å². The lowest BCUT2D eigenvalue weighted by Crippen LogP contribution is -2.27. The highest BCUT2D eigenvalue weighted by atomic mass is 32.1. The third kappa shape index (κ3) is 1.74. The summed E-state index contributed by atoms with van der Waals surface area (Å²) < 4.78 is 9.43. The van der Waals surface area contributed by atoms with E-state index in [1.807, 2.05) is 0 Å². The van der Waals surface area contributed by atoms with E-state index in [2.05, 4.69) is 50.5 Å². The van der Waals surface area contributed by atoms with Crippen LogP contribution in [0.5, 0.6) is 0 Å². The average molecular weight is 396 g/mol. The van der Waals surface area contributed by atoms with Crippen molar-refractivity contribution in [1.82, 2.24) is 0 Å². The Balaban J connectivity index is 2.45. The maximum atomic E-state index is 12.2. The first-order valence-electron chi connectivity index (χ1n) is 6.28. The molecule has 0 amide bonds. The van der Waals surface area contributed by atoms with Gasteiger partial charge in [-0.3, -0.25) is 0 Å². The zero-order valence-electron chi connectivity index (χ0n) is 11.2. The predicted molar refractivity (Wildman–Crippen MR) is 92.4 cm³/mol. The molecule has 2 aliphatic heterocycles. The van der Waals surface area contributed by atoms with Crippen molar-refractivity contribution in [3.05, 3.63) is 22.3 Å². The normalized spacial score (nSPS) is 15.7. The van der Waals surface area contributed by atoms with Gasteiger partial charge in [0.25, 0.3) is 0 Å². The molecule has 0 bridgehead atoms. The van der Waals surface area contributed by atoms with Crippen molar-refractivity contribution >= 4 is 85.2 Å². The Morgan fingerprint density at radius 1 is 0.458 bits per heavy atom. The second kappa shape index (κ2) is 4.94. The zero-order chi connectivity index (χ0) is 17.5. The molecular weight excluding hydrogens is 392 g/mol. The quantitative estimate of drug-likeness (QED) is 0.311. The van der Waals surface area contributed by atoms with Crippen LogP contribution in [0.15, 0.2) is 19.6 Å². The van der Waals surface area contributed by atoms with Gasteiger partial charge >= 0.3 is 23.9 Å². The van der Waals surface area contributed by atoms with E-state index >= 15 is 0 Å². The summed E-state index contributed by atoms with van der Waals surface area (Å²) in [5.74, 6) is -3.79. The van der Waals surface area contributed by atoms with Gasteiger partial charge in [0.05, 0.1) is 22.3 Å². The van der Waals surface area contributed by atoms with Crippen molar-refractivity contribution in [3.63, 3.8) is 0 Å². The number of hydrogen-bond donors (Lipinski definition) is 4. The fourth-order valence-electron chi connectivity index (χ4n) is 2.86. The summed E-state index contributed by atoms with van der Waals surface area (Å²) in [6.07, 6.45) is 0. The van der Waals surface area contributed by atoms with Gasteiger partial charge < -0.3 is 9.47 Å². The van der Waals surface area contributed by atoms with Gasteiger partial charge in [-0.2, -0.15) is 0 Å². The number of cyclic esters (lactones) is 4. The first kappa shape index (κ1) is 15.9. The number of ether oxygens (including phenoxy) is 2. The molecule has 0 radical (unpaired) electrons. The van der Waals surface area contributed by atoms with Crippen LogP contribution in [0, 0.1) is 0 Å². The summed E-state index contributed by atoms with van der Waals surface area (Å²) in [5, 5.41) is 0.133. The second-order valence-corrected chi connectivity index (χ2v) is 6.79. The summed E-state index contributed by atoms with van der Waals surface area (Å²) in [6, 6.07) is 0. The molecule has 0 fully saturated rings. The standard InChI is InChI=1S/C14H4O6S4/c15-11-3-1-2-5(9(23)7(3)21)13(17)20-14(18)6(2)10(24)8(22)4(1)12(16)19-11/h21-24H. The minimum atomic E-state index is -0.948. The third-order valence-corrected chi connectivity index (χ3v) is 5.97. The Morgan fingerprint density at radius 2 is 0.667 bits per heavy atom. The Hall–Kier alpha value is -1.62. The molecule has 2 aliphatic rings. The van der Waals surface area contributed by atoms with Crippen LogP contribution < -0.4 is 0 Å². The molecule has 2 aromatic rings.